The number of ether oxygens (including phenoxy) is 2. The zero-order chi connectivity index (χ0) is 19.4. The Bertz CT molecular complexity index is 632. The molecule has 1 aromatic rings. The van der Waals surface area contributed by atoms with E-state index in [1.807, 2.05) is 6.07 Å². The van der Waals surface area contributed by atoms with Gasteiger partial charge in [-0.2, -0.15) is 0 Å². The van der Waals surface area contributed by atoms with Crippen LogP contribution in [-0.2, 0) is 16.1 Å². The topological polar surface area (TPSA) is 67.9 Å². The Balaban J connectivity index is 1.92. The van der Waals surface area contributed by atoms with Crippen molar-refractivity contribution >= 4 is 12.2 Å². The summed E-state index contributed by atoms with van der Waals surface area (Å²) >= 11 is 0. The number of alkyl halides is 2. The van der Waals surface area contributed by atoms with E-state index in [4.69, 9.17) is 9.47 Å². The average Bonchev–Trinajstić information content (AvgIpc) is 2.54. The second-order valence-electron chi connectivity index (χ2n) is 7.20. The first-order valence-electron chi connectivity index (χ1n) is 8.40. The van der Waals surface area contributed by atoms with Gasteiger partial charge in [0.15, 0.2) is 0 Å². The number of carbonyl (C=O) groups excluding carboxylic acids is 2. The van der Waals surface area contributed by atoms with Crippen molar-refractivity contribution in [1.29, 1.82) is 0 Å². The van der Waals surface area contributed by atoms with Crippen molar-refractivity contribution in [2.24, 2.45) is 0 Å². The highest BCUT2D eigenvalue weighted by atomic mass is 19.3. The lowest BCUT2D eigenvalue weighted by atomic mass is 10.0. The molecule has 1 aliphatic heterocycles. The highest BCUT2D eigenvalue weighted by molar-refractivity contribution is 5.70. The van der Waals surface area contributed by atoms with Crippen LogP contribution in [0.1, 0.15) is 32.8 Å². The number of piperidine rings is 1. The summed E-state index contributed by atoms with van der Waals surface area (Å²) in [6.07, 6.45) is -2.20. The number of rotatable bonds is 3. The summed E-state index contributed by atoms with van der Waals surface area (Å²) in [6, 6.07) is 7.36. The van der Waals surface area contributed by atoms with E-state index in [0.717, 1.165) is 5.56 Å². The summed E-state index contributed by atoms with van der Waals surface area (Å²) < 4.78 is 38.4. The van der Waals surface area contributed by atoms with Gasteiger partial charge in [0, 0.05) is 13.0 Å². The van der Waals surface area contributed by atoms with Gasteiger partial charge in [-0.25, -0.2) is 18.4 Å². The number of nitrogens with one attached hydrogen (secondary N) is 1. The van der Waals surface area contributed by atoms with Crippen molar-refractivity contribution in [2.75, 3.05) is 13.1 Å². The lowest BCUT2D eigenvalue weighted by molar-refractivity contribution is -0.0834. The lowest BCUT2D eigenvalue weighted by Crippen LogP contribution is -2.60. The summed E-state index contributed by atoms with van der Waals surface area (Å²) in [5, 5.41) is 2.17. The van der Waals surface area contributed by atoms with Gasteiger partial charge in [-0.05, 0) is 26.3 Å². The van der Waals surface area contributed by atoms with Gasteiger partial charge >= 0.3 is 12.2 Å². The van der Waals surface area contributed by atoms with Crippen LogP contribution in [0.3, 0.4) is 0 Å². The molecule has 1 fully saturated rings. The number of amides is 2. The minimum atomic E-state index is -3.13. The van der Waals surface area contributed by atoms with Crippen LogP contribution < -0.4 is 5.32 Å². The Morgan fingerprint density at radius 1 is 1.27 bits per heavy atom. The highest BCUT2D eigenvalue weighted by Crippen LogP contribution is 2.29. The van der Waals surface area contributed by atoms with Gasteiger partial charge in [0.2, 0.25) is 0 Å². The van der Waals surface area contributed by atoms with Crippen LogP contribution in [0.4, 0.5) is 18.4 Å². The summed E-state index contributed by atoms with van der Waals surface area (Å²) in [4.78, 5) is 25.1. The van der Waals surface area contributed by atoms with E-state index in [-0.39, 0.29) is 19.7 Å². The van der Waals surface area contributed by atoms with Crippen LogP contribution in [0.25, 0.3) is 0 Å². The van der Waals surface area contributed by atoms with Crippen molar-refractivity contribution in [1.82, 2.24) is 10.2 Å². The third-order valence-corrected chi connectivity index (χ3v) is 3.78. The van der Waals surface area contributed by atoms with Crippen LogP contribution in [0.2, 0.25) is 0 Å². The first-order valence-corrected chi connectivity index (χ1v) is 8.40. The highest BCUT2D eigenvalue weighted by Gasteiger charge is 2.47. The van der Waals surface area contributed by atoms with Gasteiger partial charge in [-0.1, -0.05) is 30.3 Å². The number of likely N-dealkylation sites (tertiary alicyclic amines) is 1. The predicted octanol–water partition coefficient (Wildman–Crippen LogP) is 3.56. The monoisotopic (exact) mass is 370 g/mol. The van der Waals surface area contributed by atoms with Crippen molar-refractivity contribution in [3.63, 3.8) is 0 Å². The van der Waals surface area contributed by atoms with Gasteiger partial charge < -0.3 is 19.7 Å². The number of benzene rings is 1. The zero-order valence-corrected chi connectivity index (χ0v) is 15.1. The van der Waals surface area contributed by atoms with Gasteiger partial charge in [-0.3, -0.25) is 0 Å². The first-order chi connectivity index (χ1) is 12.1. The fourth-order valence-corrected chi connectivity index (χ4v) is 2.45. The van der Waals surface area contributed by atoms with Crippen molar-refractivity contribution in [3.05, 3.63) is 35.9 Å². The van der Waals surface area contributed by atoms with E-state index < -0.39 is 36.2 Å². The normalized spacial score (nSPS) is 19.6. The molecule has 1 N–H and O–H groups in total. The van der Waals surface area contributed by atoms with Gasteiger partial charge in [0.25, 0.3) is 5.92 Å². The smallest absolute Gasteiger partial charge is 0.410 e. The van der Waals surface area contributed by atoms with E-state index in [0.29, 0.717) is 0 Å². The molecule has 2 rings (SSSR count). The molecule has 8 heteroatoms. The molecule has 1 aromatic carbocycles. The fourth-order valence-electron chi connectivity index (χ4n) is 2.45. The number of alkyl carbamates (subject to hydrolysis) is 1. The molecule has 0 spiro atoms. The molecule has 1 unspecified atom stereocenters. The maximum absolute atomic E-state index is 14.1. The van der Waals surface area contributed by atoms with Crippen molar-refractivity contribution in [3.8, 4) is 0 Å². The molecule has 2 amide bonds. The minimum Gasteiger partial charge on any atom is -0.445 e. The number of hydrogen-bond acceptors (Lipinski definition) is 4. The molecule has 1 atom stereocenters. The van der Waals surface area contributed by atoms with Gasteiger partial charge in [-0.15, -0.1) is 0 Å². The molecular weight excluding hydrogens is 346 g/mol. The Morgan fingerprint density at radius 2 is 1.92 bits per heavy atom. The largest absolute Gasteiger partial charge is 0.445 e. The molecule has 1 heterocycles. The van der Waals surface area contributed by atoms with Crippen LogP contribution >= 0.6 is 0 Å². The average molecular weight is 370 g/mol. The van der Waals surface area contributed by atoms with Crippen molar-refractivity contribution in [2.45, 2.75) is 51.4 Å². The second kappa shape index (κ2) is 7.88. The van der Waals surface area contributed by atoms with Gasteiger partial charge in [0.05, 0.1) is 6.54 Å². The Kier molecular flexibility index (Phi) is 6.05. The molecule has 0 saturated carbocycles. The number of halogens is 2. The van der Waals surface area contributed by atoms with E-state index in [1.165, 1.54) is 4.90 Å². The summed E-state index contributed by atoms with van der Waals surface area (Å²) in [5.74, 6) is -3.13. The fraction of sp³-hybridized carbons (Fsp3) is 0.556. The quantitative estimate of drug-likeness (QED) is 0.883. The molecule has 1 saturated heterocycles. The third-order valence-electron chi connectivity index (χ3n) is 3.78. The van der Waals surface area contributed by atoms with E-state index in [2.05, 4.69) is 5.32 Å². The molecule has 144 valence electrons. The van der Waals surface area contributed by atoms with Crippen LogP contribution in [0, 0.1) is 0 Å². The maximum Gasteiger partial charge on any atom is 0.410 e. The molecule has 6 nitrogen and oxygen atoms in total. The molecule has 0 aliphatic carbocycles. The van der Waals surface area contributed by atoms with Crippen molar-refractivity contribution < 1.29 is 27.8 Å². The minimum absolute atomic E-state index is 0.0270. The van der Waals surface area contributed by atoms with E-state index >= 15 is 0 Å². The first kappa shape index (κ1) is 19.9. The maximum atomic E-state index is 14.1. The predicted molar refractivity (Wildman–Crippen MR) is 90.9 cm³/mol. The van der Waals surface area contributed by atoms with E-state index in [9.17, 15) is 18.4 Å². The Hall–Kier alpha value is -2.38. The summed E-state index contributed by atoms with van der Waals surface area (Å²) in [7, 11) is 0. The van der Waals surface area contributed by atoms with Gasteiger partial charge in [0.1, 0.15) is 18.2 Å². The Labute approximate surface area is 151 Å². The standard InChI is InChI=1S/C18H24F2N2O4/c1-17(2,3)26-16(24)22-10-9-18(19,20)14(11-22)21-15(23)25-12-13-7-5-4-6-8-13/h4-8,14H,9-12H2,1-3H3,(H,21,23). The SMILES string of the molecule is CC(C)(C)OC(=O)N1CCC(F)(F)C(NC(=O)OCc2ccccc2)C1. The summed E-state index contributed by atoms with van der Waals surface area (Å²) in [6.45, 7) is 4.57. The van der Waals surface area contributed by atoms with E-state index in [1.54, 1.807) is 45.0 Å². The lowest BCUT2D eigenvalue weighted by Gasteiger charge is -2.38. The molecule has 0 bridgehead atoms. The van der Waals surface area contributed by atoms with Crippen LogP contribution in [-0.4, -0.2) is 47.7 Å². The Morgan fingerprint density at radius 3 is 2.54 bits per heavy atom. The number of nitrogens with zero attached hydrogens (tertiary/aromatic N) is 1. The number of carbonyl (C=O) groups is 2. The zero-order valence-electron chi connectivity index (χ0n) is 15.1. The molecule has 0 radical (unpaired) electrons. The van der Waals surface area contributed by atoms with Crippen LogP contribution in [0.5, 0.6) is 0 Å². The van der Waals surface area contributed by atoms with Crippen LogP contribution in [0.15, 0.2) is 30.3 Å². The molecule has 0 aromatic heterocycles. The third kappa shape index (κ3) is 5.86. The number of hydrogen-bond donors (Lipinski definition) is 1. The molecule has 1 aliphatic rings. The molecular formula is C18H24F2N2O4. The second-order valence-corrected chi connectivity index (χ2v) is 7.20. The summed E-state index contributed by atoms with van der Waals surface area (Å²) in [5.41, 5.74) is 0.0163. The molecule has 26 heavy (non-hydrogen) atoms.